The molecule has 12 heavy (non-hydrogen) atoms. The van der Waals surface area contributed by atoms with E-state index in [0.29, 0.717) is 6.10 Å². The van der Waals surface area contributed by atoms with E-state index in [2.05, 4.69) is 23.9 Å². The smallest absolute Gasteiger partial charge is 0.0936 e. The average Bonchev–Trinajstić information content (AvgIpc) is 2.66. The first-order valence-electron chi connectivity index (χ1n) is 4.76. The Hall–Kier alpha value is -0.120. The Balaban J connectivity index is 1.73. The van der Waals surface area contributed by atoms with Crippen LogP contribution in [-0.2, 0) is 4.74 Å². The second kappa shape index (κ2) is 3.32. The van der Waals surface area contributed by atoms with E-state index in [9.17, 15) is 0 Å². The lowest BCUT2D eigenvalue weighted by Crippen LogP contribution is -2.32. The largest absolute Gasteiger partial charge is 0.372 e. The van der Waals surface area contributed by atoms with Gasteiger partial charge in [-0.05, 0) is 27.1 Å². The minimum Gasteiger partial charge on any atom is -0.372 e. The molecule has 0 saturated carbocycles. The van der Waals surface area contributed by atoms with Crippen LogP contribution in [0.2, 0.25) is 0 Å². The molecule has 0 N–H and O–H groups in total. The van der Waals surface area contributed by atoms with Crippen molar-refractivity contribution in [1.29, 1.82) is 0 Å². The lowest BCUT2D eigenvalue weighted by molar-refractivity contribution is 0.250. The highest BCUT2D eigenvalue weighted by Crippen LogP contribution is 2.17. The molecule has 0 aromatic rings. The summed E-state index contributed by atoms with van der Waals surface area (Å²) < 4.78 is 5.21. The van der Waals surface area contributed by atoms with Crippen molar-refractivity contribution in [2.45, 2.75) is 18.6 Å². The van der Waals surface area contributed by atoms with Gasteiger partial charge in [0.25, 0.3) is 0 Å². The lowest BCUT2D eigenvalue weighted by atomic mass is 10.2. The molecule has 70 valence electrons. The molecule has 2 fully saturated rings. The zero-order valence-electron chi connectivity index (χ0n) is 7.99. The number of hydrogen-bond donors (Lipinski definition) is 0. The second-order valence-corrected chi connectivity index (χ2v) is 4.12. The van der Waals surface area contributed by atoms with E-state index in [4.69, 9.17) is 4.74 Å². The molecule has 3 nitrogen and oxygen atoms in total. The molecule has 2 rings (SSSR count). The van der Waals surface area contributed by atoms with Gasteiger partial charge in [0.15, 0.2) is 0 Å². The van der Waals surface area contributed by atoms with Crippen LogP contribution in [0.5, 0.6) is 0 Å². The van der Waals surface area contributed by atoms with Crippen molar-refractivity contribution < 1.29 is 4.74 Å². The second-order valence-electron chi connectivity index (χ2n) is 4.12. The minimum absolute atomic E-state index is 0.561. The maximum atomic E-state index is 5.21. The van der Waals surface area contributed by atoms with Crippen molar-refractivity contribution in [2.75, 3.05) is 40.3 Å². The Morgan fingerprint density at radius 1 is 1.50 bits per heavy atom. The summed E-state index contributed by atoms with van der Waals surface area (Å²) in [6.07, 6.45) is 1.88. The van der Waals surface area contributed by atoms with Crippen LogP contribution >= 0.6 is 0 Å². The maximum absolute atomic E-state index is 5.21. The van der Waals surface area contributed by atoms with Crippen LogP contribution in [0.15, 0.2) is 0 Å². The summed E-state index contributed by atoms with van der Waals surface area (Å²) in [6.45, 7) is 4.63. The van der Waals surface area contributed by atoms with E-state index in [0.717, 1.165) is 19.2 Å². The van der Waals surface area contributed by atoms with Gasteiger partial charge in [-0.2, -0.15) is 0 Å². The summed E-state index contributed by atoms with van der Waals surface area (Å²) in [4.78, 5) is 4.84. The van der Waals surface area contributed by atoms with Crippen molar-refractivity contribution in [3.63, 3.8) is 0 Å². The third-order valence-electron chi connectivity index (χ3n) is 2.84. The van der Waals surface area contributed by atoms with Crippen LogP contribution in [0, 0.1) is 0 Å². The van der Waals surface area contributed by atoms with Gasteiger partial charge in [-0.25, -0.2) is 0 Å². The van der Waals surface area contributed by atoms with E-state index in [1.54, 1.807) is 0 Å². The van der Waals surface area contributed by atoms with Crippen LogP contribution in [0.1, 0.15) is 6.42 Å². The predicted octanol–water partition coefficient (Wildman–Crippen LogP) is 0.0211. The molecule has 0 amide bonds. The van der Waals surface area contributed by atoms with E-state index < -0.39 is 0 Å². The van der Waals surface area contributed by atoms with E-state index in [-0.39, 0.29) is 0 Å². The van der Waals surface area contributed by atoms with Gasteiger partial charge in [-0.1, -0.05) is 0 Å². The molecule has 2 heterocycles. The number of epoxide rings is 1. The van der Waals surface area contributed by atoms with Gasteiger partial charge in [0.1, 0.15) is 0 Å². The summed E-state index contributed by atoms with van der Waals surface area (Å²) in [6, 6.07) is 0.767. The van der Waals surface area contributed by atoms with Crippen LogP contribution in [0.4, 0.5) is 0 Å². The van der Waals surface area contributed by atoms with Crippen LogP contribution in [0.3, 0.4) is 0 Å². The molecule has 3 heteroatoms. The monoisotopic (exact) mass is 170 g/mol. The lowest BCUT2D eigenvalue weighted by Gasteiger charge is -2.19. The summed E-state index contributed by atoms with van der Waals surface area (Å²) in [5, 5.41) is 0. The Bertz CT molecular complexity index is 157. The third-order valence-corrected chi connectivity index (χ3v) is 2.84. The van der Waals surface area contributed by atoms with Crippen molar-refractivity contribution in [1.82, 2.24) is 9.80 Å². The number of ether oxygens (including phenoxy) is 1. The van der Waals surface area contributed by atoms with Gasteiger partial charge >= 0.3 is 0 Å². The standard InChI is InChI=1S/C9H18N2O/c1-10(2)8-3-4-11(5-8)6-9-7-12-9/h8-9H,3-7H2,1-2H3/t8?,9-/m1/s1. The fourth-order valence-electron chi connectivity index (χ4n) is 1.86. The maximum Gasteiger partial charge on any atom is 0.0936 e. The number of likely N-dealkylation sites (tertiary alicyclic amines) is 1. The van der Waals surface area contributed by atoms with Crippen LogP contribution < -0.4 is 0 Å². The Labute approximate surface area is 74.3 Å². The van der Waals surface area contributed by atoms with Gasteiger partial charge < -0.3 is 9.64 Å². The zero-order chi connectivity index (χ0) is 8.55. The SMILES string of the molecule is CN(C)C1CCN(C[C@@H]2CO2)C1. The average molecular weight is 170 g/mol. The number of rotatable bonds is 3. The molecular weight excluding hydrogens is 152 g/mol. The first-order chi connectivity index (χ1) is 5.75. The Morgan fingerprint density at radius 3 is 2.75 bits per heavy atom. The molecule has 0 bridgehead atoms. The number of hydrogen-bond acceptors (Lipinski definition) is 3. The molecular formula is C9H18N2O. The molecule has 2 atom stereocenters. The molecule has 0 aliphatic carbocycles. The quantitative estimate of drug-likeness (QED) is 0.557. The molecule has 1 unspecified atom stereocenters. The van der Waals surface area contributed by atoms with Crippen LogP contribution in [0.25, 0.3) is 0 Å². The molecule has 0 aromatic heterocycles. The Kier molecular flexibility index (Phi) is 2.35. The van der Waals surface area contributed by atoms with Crippen LogP contribution in [-0.4, -0.2) is 62.3 Å². The van der Waals surface area contributed by atoms with Crippen molar-refractivity contribution in [2.24, 2.45) is 0 Å². The Morgan fingerprint density at radius 2 is 2.25 bits per heavy atom. The van der Waals surface area contributed by atoms with Crippen molar-refractivity contribution in [3.05, 3.63) is 0 Å². The fraction of sp³-hybridized carbons (Fsp3) is 1.00. The summed E-state index contributed by atoms with van der Waals surface area (Å²) in [7, 11) is 4.34. The molecule has 2 saturated heterocycles. The van der Waals surface area contributed by atoms with E-state index in [1.165, 1.54) is 19.5 Å². The van der Waals surface area contributed by atoms with Gasteiger partial charge in [0.2, 0.25) is 0 Å². The number of nitrogens with zero attached hydrogens (tertiary/aromatic N) is 2. The molecule has 0 spiro atoms. The van der Waals surface area contributed by atoms with Crippen molar-refractivity contribution in [3.8, 4) is 0 Å². The van der Waals surface area contributed by atoms with E-state index in [1.807, 2.05) is 0 Å². The fourth-order valence-corrected chi connectivity index (χ4v) is 1.86. The molecule has 2 aliphatic heterocycles. The molecule has 2 aliphatic rings. The molecule has 0 aromatic carbocycles. The highest BCUT2D eigenvalue weighted by atomic mass is 16.6. The van der Waals surface area contributed by atoms with Gasteiger partial charge in [-0.15, -0.1) is 0 Å². The van der Waals surface area contributed by atoms with Gasteiger partial charge in [0, 0.05) is 19.1 Å². The summed E-state index contributed by atoms with van der Waals surface area (Å²) >= 11 is 0. The summed E-state index contributed by atoms with van der Waals surface area (Å²) in [5.74, 6) is 0. The van der Waals surface area contributed by atoms with Gasteiger partial charge in [0.05, 0.1) is 12.7 Å². The normalized spacial score (nSPS) is 36.2. The highest BCUT2D eigenvalue weighted by Gasteiger charge is 2.30. The third kappa shape index (κ3) is 1.97. The predicted molar refractivity (Wildman–Crippen MR) is 48.3 cm³/mol. The highest BCUT2D eigenvalue weighted by molar-refractivity contribution is 4.84. The first kappa shape index (κ1) is 8.48. The summed E-state index contributed by atoms with van der Waals surface area (Å²) in [5.41, 5.74) is 0. The van der Waals surface area contributed by atoms with Gasteiger partial charge in [-0.3, -0.25) is 4.90 Å². The van der Waals surface area contributed by atoms with Crippen molar-refractivity contribution >= 4 is 0 Å². The first-order valence-corrected chi connectivity index (χ1v) is 4.76. The topological polar surface area (TPSA) is 19.0 Å². The zero-order valence-corrected chi connectivity index (χ0v) is 7.99. The molecule has 0 radical (unpaired) electrons. The number of likely N-dealkylation sites (N-methyl/N-ethyl adjacent to an activating group) is 1. The van der Waals surface area contributed by atoms with E-state index >= 15 is 0 Å². The minimum atomic E-state index is 0.561.